The molecular formula is C74H144O17P2. The Bertz CT molecular complexity index is 1830. The number of carbonyl (C=O) groups is 4. The van der Waals surface area contributed by atoms with Crippen molar-refractivity contribution in [3.63, 3.8) is 0 Å². The van der Waals surface area contributed by atoms with E-state index in [2.05, 4.69) is 55.4 Å². The Morgan fingerprint density at radius 1 is 0.269 bits per heavy atom. The number of rotatable bonds is 71. The third-order valence-corrected chi connectivity index (χ3v) is 19.0. The molecule has 0 bridgehead atoms. The van der Waals surface area contributed by atoms with E-state index in [9.17, 15) is 43.2 Å². The van der Waals surface area contributed by atoms with Crippen LogP contribution < -0.4 is 0 Å². The van der Waals surface area contributed by atoms with Crippen LogP contribution in [-0.2, 0) is 65.4 Å². The minimum absolute atomic E-state index is 0.103. The zero-order valence-corrected chi connectivity index (χ0v) is 62.7. The first kappa shape index (κ1) is 91.1. The van der Waals surface area contributed by atoms with Crippen molar-refractivity contribution in [3.8, 4) is 0 Å². The average Bonchev–Trinajstić information content (AvgIpc) is 2.66. The van der Waals surface area contributed by atoms with E-state index in [-0.39, 0.29) is 25.7 Å². The van der Waals surface area contributed by atoms with E-state index in [1.165, 1.54) is 167 Å². The van der Waals surface area contributed by atoms with Gasteiger partial charge in [0.05, 0.1) is 26.4 Å². The fourth-order valence-corrected chi connectivity index (χ4v) is 12.8. The first-order chi connectivity index (χ1) is 44.6. The van der Waals surface area contributed by atoms with Crippen LogP contribution in [0, 0.1) is 23.7 Å². The maximum Gasteiger partial charge on any atom is 0.472 e. The average molecular weight is 1370 g/mol. The molecule has 0 saturated carbocycles. The largest absolute Gasteiger partial charge is 0.472 e. The van der Waals surface area contributed by atoms with E-state index in [0.717, 1.165) is 108 Å². The van der Waals surface area contributed by atoms with Gasteiger partial charge in [0.15, 0.2) is 12.2 Å². The third kappa shape index (κ3) is 68.4. The fourth-order valence-electron chi connectivity index (χ4n) is 11.2. The Balaban J connectivity index is 5.16. The highest BCUT2D eigenvalue weighted by Crippen LogP contribution is 2.45. The minimum Gasteiger partial charge on any atom is -0.462 e. The Kier molecular flexibility index (Phi) is 62.2. The van der Waals surface area contributed by atoms with Crippen LogP contribution in [0.25, 0.3) is 0 Å². The molecule has 0 aliphatic rings. The molecule has 0 aliphatic carbocycles. The second-order valence-corrected chi connectivity index (χ2v) is 31.5. The zero-order valence-electron chi connectivity index (χ0n) is 60.9. The number of hydrogen-bond donors (Lipinski definition) is 3. The lowest BCUT2D eigenvalue weighted by atomic mass is 10.0. The summed E-state index contributed by atoms with van der Waals surface area (Å²) in [5.74, 6) is 0.837. The van der Waals surface area contributed by atoms with Crippen molar-refractivity contribution >= 4 is 39.5 Å². The Labute approximate surface area is 568 Å². The van der Waals surface area contributed by atoms with Crippen LogP contribution in [0.3, 0.4) is 0 Å². The van der Waals surface area contributed by atoms with Crippen molar-refractivity contribution in [1.29, 1.82) is 0 Å². The second kappa shape index (κ2) is 63.5. The lowest BCUT2D eigenvalue weighted by Crippen LogP contribution is -2.30. The van der Waals surface area contributed by atoms with Crippen LogP contribution in [0.5, 0.6) is 0 Å². The molecule has 0 heterocycles. The highest BCUT2D eigenvalue weighted by Gasteiger charge is 2.30. The van der Waals surface area contributed by atoms with Gasteiger partial charge in [-0.2, -0.15) is 0 Å². The summed E-state index contributed by atoms with van der Waals surface area (Å²) in [6.07, 6.45) is 47.5. The molecule has 0 aromatic heterocycles. The van der Waals surface area contributed by atoms with Crippen molar-refractivity contribution < 1.29 is 80.2 Å². The number of unbranched alkanes of at least 4 members (excludes halogenated alkanes) is 37. The molecule has 0 radical (unpaired) electrons. The number of ether oxygens (including phenoxy) is 4. The highest BCUT2D eigenvalue weighted by molar-refractivity contribution is 7.47. The quantitative estimate of drug-likeness (QED) is 0.0222. The smallest absolute Gasteiger partial charge is 0.462 e. The van der Waals surface area contributed by atoms with E-state index in [0.29, 0.717) is 37.5 Å². The molecule has 552 valence electrons. The number of aliphatic hydroxyl groups is 1. The monoisotopic (exact) mass is 1370 g/mol. The fraction of sp³-hybridized carbons (Fsp3) is 0.946. The normalized spacial score (nSPS) is 14.2. The van der Waals surface area contributed by atoms with Crippen LogP contribution in [0.2, 0.25) is 0 Å². The van der Waals surface area contributed by atoms with Gasteiger partial charge in [-0.15, -0.1) is 0 Å². The molecule has 3 N–H and O–H groups in total. The summed E-state index contributed by atoms with van der Waals surface area (Å²) < 4.78 is 68.4. The Morgan fingerprint density at radius 3 is 0.667 bits per heavy atom. The minimum atomic E-state index is -4.95. The van der Waals surface area contributed by atoms with Gasteiger partial charge in [-0.05, 0) is 49.4 Å². The number of carbonyl (C=O) groups excluding carboxylic acids is 4. The summed E-state index contributed by atoms with van der Waals surface area (Å²) in [5, 5.41) is 10.6. The molecule has 0 aromatic rings. The van der Waals surface area contributed by atoms with E-state index >= 15 is 0 Å². The maximum atomic E-state index is 13.0. The Morgan fingerprint density at radius 2 is 0.452 bits per heavy atom. The van der Waals surface area contributed by atoms with E-state index in [1.807, 2.05) is 0 Å². The number of hydrogen-bond acceptors (Lipinski definition) is 15. The van der Waals surface area contributed by atoms with Gasteiger partial charge in [0.1, 0.15) is 19.3 Å². The van der Waals surface area contributed by atoms with Gasteiger partial charge in [-0.25, -0.2) is 9.13 Å². The standard InChI is InChI=1S/C74H144O17P2/c1-64(2)50-42-34-26-20-17-15-13-11-9-10-12-14-16-18-22-31-40-48-56-73(78)90-69(61-85-72(77)55-47-39-32-24-28-36-44-52-66(5)6)62-88-92(80,81)86-58-68(75)59-87-93(82,83)89-63-70(91-74(79)57-49-41-33-25-29-37-45-53-67(7)8)60-84-71(76)54-46-38-30-23-19-21-27-35-43-51-65(3)4/h64-70,75H,9-63H2,1-8H3,(H,80,81)(H,82,83)/t68?,69-,70-/m1/s1. The second-order valence-electron chi connectivity index (χ2n) is 28.6. The lowest BCUT2D eigenvalue weighted by molar-refractivity contribution is -0.161. The van der Waals surface area contributed by atoms with Gasteiger partial charge in [-0.3, -0.25) is 37.3 Å². The van der Waals surface area contributed by atoms with Gasteiger partial charge in [-0.1, -0.05) is 319 Å². The van der Waals surface area contributed by atoms with Crippen LogP contribution in [0.15, 0.2) is 0 Å². The van der Waals surface area contributed by atoms with Crippen molar-refractivity contribution in [1.82, 2.24) is 0 Å². The van der Waals surface area contributed by atoms with Gasteiger partial charge >= 0.3 is 39.5 Å². The molecule has 0 fully saturated rings. The van der Waals surface area contributed by atoms with Crippen LogP contribution >= 0.6 is 15.6 Å². The zero-order chi connectivity index (χ0) is 68.9. The molecule has 0 saturated heterocycles. The molecule has 0 spiro atoms. The lowest BCUT2D eigenvalue weighted by Gasteiger charge is -2.21. The first-order valence-electron chi connectivity index (χ1n) is 38.2. The molecule has 5 atom stereocenters. The van der Waals surface area contributed by atoms with E-state index < -0.39 is 97.5 Å². The predicted molar refractivity (Wildman–Crippen MR) is 377 cm³/mol. The molecule has 93 heavy (non-hydrogen) atoms. The summed E-state index contributed by atoms with van der Waals surface area (Å²) >= 11 is 0. The number of phosphoric ester groups is 2. The number of aliphatic hydroxyl groups excluding tert-OH is 1. The van der Waals surface area contributed by atoms with E-state index in [4.69, 9.17) is 37.0 Å². The molecule has 19 heteroatoms. The summed E-state index contributed by atoms with van der Waals surface area (Å²) in [6.45, 7) is 14.1. The highest BCUT2D eigenvalue weighted by atomic mass is 31.2. The molecular weight excluding hydrogens is 1220 g/mol. The van der Waals surface area contributed by atoms with Crippen molar-refractivity contribution in [2.45, 2.75) is 388 Å². The van der Waals surface area contributed by atoms with Crippen molar-refractivity contribution in [2.24, 2.45) is 23.7 Å². The third-order valence-electron chi connectivity index (χ3n) is 17.1. The molecule has 0 rings (SSSR count). The van der Waals surface area contributed by atoms with Crippen molar-refractivity contribution in [3.05, 3.63) is 0 Å². The molecule has 0 aromatic carbocycles. The predicted octanol–water partition coefficient (Wildman–Crippen LogP) is 21.3. The van der Waals surface area contributed by atoms with Gasteiger partial charge in [0, 0.05) is 25.7 Å². The van der Waals surface area contributed by atoms with Crippen LogP contribution in [0.4, 0.5) is 0 Å². The Hall–Kier alpha value is -1.94. The summed E-state index contributed by atoms with van der Waals surface area (Å²) in [7, 11) is -9.91. The molecule has 3 unspecified atom stereocenters. The van der Waals surface area contributed by atoms with Crippen molar-refractivity contribution in [2.75, 3.05) is 39.6 Å². The van der Waals surface area contributed by atoms with Gasteiger partial charge in [0.25, 0.3) is 0 Å². The SMILES string of the molecule is CC(C)CCCCCCCCCCCCCCCCCCCCC(=O)O[C@H](COC(=O)CCCCCCCCCC(C)C)COP(=O)(O)OCC(O)COP(=O)(O)OC[C@@H](COC(=O)CCCCCCCCCCCC(C)C)OC(=O)CCCCCCCCCC(C)C. The van der Waals surface area contributed by atoms with Crippen LogP contribution in [0.1, 0.15) is 370 Å². The topological polar surface area (TPSA) is 237 Å². The molecule has 0 amide bonds. The molecule has 17 nitrogen and oxygen atoms in total. The maximum absolute atomic E-state index is 13.0. The van der Waals surface area contributed by atoms with E-state index in [1.54, 1.807) is 0 Å². The summed E-state index contributed by atoms with van der Waals surface area (Å²) in [5.41, 5.74) is 0. The first-order valence-corrected chi connectivity index (χ1v) is 41.2. The summed E-state index contributed by atoms with van der Waals surface area (Å²) in [4.78, 5) is 72.6. The van der Waals surface area contributed by atoms with Gasteiger partial charge in [0.2, 0.25) is 0 Å². The molecule has 0 aliphatic heterocycles. The van der Waals surface area contributed by atoms with Crippen LogP contribution in [-0.4, -0.2) is 96.7 Å². The van der Waals surface area contributed by atoms with Gasteiger partial charge < -0.3 is 33.8 Å². The number of phosphoric acid groups is 2. The number of esters is 4. The summed E-state index contributed by atoms with van der Waals surface area (Å²) in [6, 6.07) is 0.